The number of carboxylic acids is 1. The van der Waals surface area contributed by atoms with Gasteiger partial charge in [-0.25, -0.2) is 0 Å². The zero-order valence-electron chi connectivity index (χ0n) is 15.3. The summed E-state index contributed by atoms with van der Waals surface area (Å²) in [4.78, 5) is 13.8. The van der Waals surface area contributed by atoms with Crippen LogP contribution in [0.2, 0.25) is 0 Å². The topological polar surface area (TPSA) is 135 Å². The van der Waals surface area contributed by atoms with Crippen molar-refractivity contribution < 1.29 is 61.8 Å². The molecular weight excluding hydrogens is 680 g/mol. The van der Waals surface area contributed by atoms with Gasteiger partial charge in [0.1, 0.15) is 5.84 Å². The first kappa shape index (κ1) is 32.1. The van der Waals surface area contributed by atoms with E-state index in [-0.39, 0.29) is 54.4 Å². The molecule has 1 aromatic rings. The zero-order chi connectivity index (χ0) is 18.8. The Kier molecular flexibility index (Phi) is 28.8. The minimum atomic E-state index is -0.784. The third-order valence-electron chi connectivity index (χ3n) is 2.01. The molecule has 0 atom stereocenters. The number of carbonyl (C=O) groups is 1. The van der Waals surface area contributed by atoms with Gasteiger partial charge < -0.3 is 20.6 Å². The van der Waals surface area contributed by atoms with Crippen LogP contribution in [0.25, 0.3) is 0 Å². The number of nitrogens with zero attached hydrogens (tertiary/aromatic N) is 3. The minimum absolute atomic E-state index is 0. The number of aromatic nitrogens is 2. The molecule has 0 saturated heterocycles. The molecule has 144 valence electrons. The number of hydrogen-bond acceptors (Lipinski definition) is 6. The molecule has 8 nitrogen and oxygen atoms in total. The van der Waals surface area contributed by atoms with Crippen molar-refractivity contribution in [1.82, 2.24) is 10.1 Å². The van der Waals surface area contributed by atoms with Gasteiger partial charge in [0, 0.05) is 61.4 Å². The maximum absolute atomic E-state index is 9.81. The molecule has 0 spiro atoms. The van der Waals surface area contributed by atoms with Crippen LogP contribution >= 0.6 is 0 Å². The Morgan fingerprint density at radius 2 is 1.73 bits per heavy atom. The van der Waals surface area contributed by atoms with Gasteiger partial charge >= 0.3 is 5.97 Å². The summed E-state index contributed by atoms with van der Waals surface area (Å²) in [5.41, 5.74) is 4.79. The number of aryl methyl sites for hydroxylation is 2. The molecule has 0 saturated carbocycles. The number of oxime groups is 1. The molecule has 1 rings (SSSR count). The third kappa shape index (κ3) is 27.2. The SMILES string of the molecule is C/C(N)=N/O.CC#CCCC(=O)O.CC#CCCc1nc(C)no1.[W].[W]. The summed E-state index contributed by atoms with van der Waals surface area (Å²) in [7, 11) is 0. The minimum Gasteiger partial charge on any atom is -0.481 e. The molecule has 26 heavy (non-hydrogen) atoms. The van der Waals surface area contributed by atoms with Crippen molar-refractivity contribution >= 4 is 11.8 Å². The quantitative estimate of drug-likeness (QED) is 0.144. The summed E-state index contributed by atoms with van der Waals surface area (Å²) in [6.07, 6.45) is 2.16. The molecule has 0 unspecified atom stereocenters. The number of amidine groups is 1. The van der Waals surface area contributed by atoms with Gasteiger partial charge in [0.05, 0.1) is 6.42 Å². The summed E-state index contributed by atoms with van der Waals surface area (Å²) >= 11 is 0. The first-order chi connectivity index (χ1) is 11.4. The second kappa shape index (κ2) is 23.4. The molecule has 0 aliphatic rings. The standard InChI is InChI=1S/C8H10N2O.C6H8O2.C2H6N2O.2W/c1-3-4-5-6-8-9-7(2)10-11-8;1-2-3-4-5-6(7)8;1-2(3)4-5;;/h5-6H2,1-2H3;4-5H2,1H3,(H,7,8);5H,1H3,(H2,3,4);;. The zero-order valence-corrected chi connectivity index (χ0v) is 21.1. The second-order valence-electron chi connectivity index (χ2n) is 4.22. The van der Waals surface area contributed by atoms with Crippen LogP contribution in [0.1, 0.15) is 51.7 Å². The third-order valence-corrected chi connectivity index (χ3v) is 2.01. The molecule has 4 N–H and O–H groups in total. The first-order valence-corrected chi connectivity index (χ1v) is 7.11. The predicted molar refractivity (Wildman–Crippen MR) is 90.2 cm³/mol. The van der Waals surface area contributed by atoms with Gasteiger partial charge in [-0.1, -0.05) is 10.3 Å². The van der Waals surface area contributed by atoms with Crippen LogP contribution in [0.15, 0.2) is 9.68 Å². The Morgan fingerprint density at radius 1 is 1.23 bits per heavy atom. The molecule has 1 heterocycles. The Balaban J connectivity index is -0.000000144. The van der Waals surface area contributed by atoms with Gasteiger partial charge in [-0.3, -0.25) is 4.79 Å². The maximum atomic E-state index is 9.81. The molecular formula is C16H24N4O4W2. The molecule has 0 aromatic carbocycles. The van der Waals surface area contributed by atoms with Crippen molar-refractivity contribution in [3.05, 3.63) is 11.7 Å². The average molecular weight is 704 g/mol. The van der Waals surface area contributed by atoms with Crippen LogP contribution in [-0.2, 0) is 53.3 Å². The molecule has 0 fully saturated rings. The summed E-state index contributed by atoms with van der Waals surface area (Å²) in [6.45, 7) is 6.82. The Bertz CT molecular complexity index is 621. The van der Waals surface area contributed by atoms with E-state index in [4.69, 9.17) is 20.6 Å². The van der Waals surface area contributed by atoms with Crippen molar-refractivity contribution in [3.8, 4) is 23.7 Å². The summed E-state index contributed by atoms with van der Waals surface area (Å²) in [5.74, 6) is 11.7. The van der Waals surface area contributed by atoms with Gasteiger partial charge in [-0.05, 0) is 27.7 Å². The Labute approximate surface area is 182 Å². The van der Waals surface area contributed by atoms with E-state index in [1.807, 2.05) is 6.92 Å². The van der Waals surface area contributed by atoms with E-state index in [0.717, 1.165) is 12.8 Å². The van der Waals surface area contributed by atoms with E-state index < -0.39 is 5.97 Å². The predicted octanol–water partition coefficient (Wildman–Crippen LogP) is 1.96. The smallest absolute Gasteiger partial charge is 0.304 e. The fraction of sp³-hybridized carbons (Fsp3) is 0.500. The van der Waals surface area contributed by atoms with Gasteiger partial charge in [-0.15, -0.1) is 23.7 Å². The monoisotopic (exact) mass is 704 g/mol. The van der Waals surface area contributed by atoms with E-state index in [9.17, 15) is 4.79 Å². The number of carboxylic acid groups (broad SMARTS) is 1. The summed E-state index contributed by atoms with van der Waals surface area (Å²) in [5, 5.41) is 21.9. The van der Waals surface area contributed by atoms with Crippen LogP contribution in [0, 0.1) is 30.6 Å². The molecule has 0 amide bonds. The molecule has 0 bridgehead atoms. The number of rotatable bonds is 4. The van der Waals surface area contributed by atoms with E-state index in [2.05, 4.69) is 39.0 Å². The number of hydrogen-bond donors (Lipinski definition) is 3. The van der Waals surface area contributed by atoms with Gasteiger partial charge in [0.25, 0.3) is 0 Å². The fourth-order valence-corrected chi connectivity index (χ4v) is 1.03. The average Bonchev–Trinajstić information content (AvgIpc) is 2.94. The van der Waals surface area contributed by atoms with Gasteiger partial charge in [-0.2, -0.15) is 4.98 Å². The van der Waals surface area contributed by atoms with Crippen molar-refractivity contribution in [1.29, 1.82) is 0 Å². The number of nitrogens with two attached hydrogens (primary N) is 1. The number of aliphatic carboxylic acids is 1. The second-order valence-corrected chi connectivity index (χ2v) is 4.22. The maximum Gasteiger partial charge on any atom is 0.304 e. The van der Waals surface area contributed by atoms with E-state index in [1.54, 1.807) is 13.8 Å². The molecule has 0 aliphatic heterocycles. The Morgan fingerprint density at radius 3 is 2.08 bits per heavy atom. The van der Waals surface area contributed by atoms with Crippen molar-refractivity contribution in [3.63, 3.8) is 0 Å². The van der Waals surface area contributed by atoms with Crippen molar-refractivity contribution in [2.45, 2.75) is 53.4 Å². The first-order valence-electron chi connectivity index (χ1n) is 7.11. The largest absolute Gasteiger partial charge is 0.481 e. The summed E-state index contributed by atoms with van der Waals surface area (Å²) < 4.78 is 4.88. The van der Waals surface area contributed by atoms with Crippen molar-refractivity contribution in [2.75, 3.05) is 0 Å². The van der Waals surface area contributed by atoms with E-state index >= 15 is 0 Å². The van der Waals surface area contributed by atoms with Crippen LogP contribution in [0.3, 0.4) is 0 Å². The van der Waals surface area contributed by atoms with Crippen LogP contribution in [0.5, 0.6) is 0 Å². The van der Waals surface area contributed by atoms with E-state index in [1.165, 1.54) is 6.92 Å². The molecule has 0 radical (unpaired) electrons. The van der Waals surface area contributed by atoms with Gasteiger partial charge in [0.2, 0.25) is 5.89 Å². The molecule has 10 heteroatoms. The van der Waals surface area contributed by atoms with Crippen molar-refractivity contribution in [2.24, 2.45) is 10.9 Å². The van der Waals surface area contributed by atoms with E-state index in [0.29, 0.717) is 18.1 Å². The fourth-order valence-electron chi connectivity index (χ4n) is 1.03. The van der Waals surface area contributed by atoms with Gasteiger partial charge in [0.15, 0.2) is 5.82 Å². The Hall–Kier alpha value is -1.62. The van der Waals surface area contributed by atoms with Crippen LogP contribution < -0.4 is 5.73 Å². The van der Waals surface area contributed by atoms with Crippen LogP contribution in [0.4, 0.5) is 0 Å². The van der Waals surface area contributed by atoms with Crippen LogP contribution in [-0.4, -0.2) is 32.3 Å². The summed E-state index contributed by atoms with van der Waals surface area (Å²) in [6, 6.07) is 0. The normalized spacial score (nSPS) is 8.23. The molecule has 1 aromatic heterocycles. The molecule has 0 aliphatic carbocycles.